The van der Waals surface area contributed by atoms with Crippen molar-refractivity contribution in [1.29, 1.82) is 0 Å². The fourth-order valence-electron chi connectivity index (χ4n) is 7.29. The molecule has 0 aromatic heterocycles. The Kier molecular flexibility index (Phi) is 27.9. The highest BCUT2D eigenvalue weighted by Gasteiger charge is 2.50. The summed E-state index contributed by atoms with van der Waals surface area (Å²) in [6, 6.07) is -0.904. The molecule has 0 aromatic rings. The second-order valence-corrected chi connectivity index (χ2v) is 15.8. The Morgan fingerprint density at radius 1 is 0.625 bits per heavy atom. The van der Waals surface area contributed by atoms with Crippen LogP contribution >= 0.6 is 0 Å². The first-order valence-corrected chi connectivity index (χ1v) is 21.9. The molecule has 12 atom stereocenters. The fourth-order valence-corrected chi connectivity index (χ4v) is 7.29. The molecule has 0 aromatic carbocycles. The molecule has 2 aliphatic rings. The van der Waals surface area contributed by atoms with Crippen LogP contribution in [0.15, 0.2) is 12.2 Å². The summed E-state index contributed by atoms with van der Waals surface area (Å²) in [7, 11) is 0. The molecule has 14 heteroatoms. The van der Waals surface area contributed by atoms with Crippen molar-refractivity contribution in [3.8, 4) is 0 Å². The monoisotopic (exact) mass is 806 g/mol. The van der Waals surface area contributed by atoms with Gasteiger partial charge in [-0.1, -0.05) is 142 Å². The molecule has 2 rings (SSSR count). The Labute approximate surface area is 336 Å². The van der Waals surface area contributed by atoms with Crippen molar-refractivity contribution in [2.24, 2.45) is 0 Å². The summed E-state index contributed by atoms with van der Waals surface area (Å²) in [5.41, 5.74) is 0. The van der Waals surface area contributed by atoms with E-state index < -0.39 is 86.8 Å². The van der Waals surface area contributed by atoms with Gasteiger partial charge in [0.2, 0.25) is 5.91 Å². The van der Waals surface area contributed by atoms with Crippen LogP contribution in [0.3, 0.4) is 0 Å². The molecule has 330 valence electrons. The van der Waals surface area contributed by atoms with Crippen LogP contribution in [0.25, 0.3) is 0 Å². The SMILES string of the molecule is CCCCCCCCCCCCCC=C[C@@H](O)[C@H](CO[C@@H]1O[C@H](CO)[C@@H](O[C@@H]2O[C@H](CO)[C@H](O)[C@H](O)[C@H]2O)[C@H](O)[C@H]1O)NC(=O)CCCCCCCCCCC. The predicted octanol–water partition coefficient (Wildman–Crippen LogP) is 3.65. The normalized spacial score (nSPS) is 29.5. The molecule has 14 nitrogen and oxygen atoms in total. The van der Waals surface area contributed by atoms with Crippen LogP contribution < -0.4 is 5.32 Å². The van der Waals surface area contributed by atoms with Crippen molar-refractivity contribution in [3.63, 3.8) is 0 Å². The first kappa shape index (κ1) is 50.9. The van der Waals surface area contributed by atoms with Crippen molar-refractivity contribution >= 4 is 5.91 Å². The number of carbonyl (C=O) groups is 1. The van der Waals surface area contributed by atoms with E-state index in [1.54, 1.807) is 6.08 Å². The van der Waals surface area contributed by atoms with E-state index in [1.165, 1.54) is 89.9 Å². The summed E-state index contributed by atoms with van der Waals surface area (Å²) < 4.78 is 22.6. The second-order valence-electron chi connectivity index (χ2n) is 15.8. The molecular weight excluding hydrogens is 726 g/mol. The molecule has 0 unspecified atom stereocenters. The molecule has 0 saturated carbocycles. The average Bonchev–Trinajstić information content (AvgIpc) is 3.19. The van der Waals surface area contributed by atoms with Gasteiger partial charge in [0.1, 0.15) is 48.8 Å². The van der Waals surface area contributed by atoms with Gasteiger partial charge in [0.25, 0.3) is 0 Å². The van der Waals surface area contributed by atoms with Crippen molar-refractivity contribution in [3.05, 3.63) is 12.2 Å². The van der Waals surface area contributed by atoms with Gasteiger partial charge in [-0.25, -0.2) is 0 Å². The van der Waals surface area contributed by atoms with Gasteiger partial charge in [0, 0.05) is 6.42 Å². The van der Waals surface area contributed by atoms with Gasteiger partial charge in [0.05, 0.1) is 32.0 Å². The first-order chi connectivity index (χ1) is 27.1. The van der Waals surface area contributed by atoms with Crippen LogP contribution in [0.5, 0.6) is 0 Å². The quantitative estimate of drug-likeness (QED) is 0.0350. The fraction of sp³-hybridized carbons (Fsp3) is 0.929. The summed E-state index contributed by atoms with van der Waals surface area (Å²) in [6.45, 7) is 2.72. The van der Waals surface area contributed by atoms with Crippen molar-refractivity contribution < 1.29 is 64.6 Å². The minimum atomic E-state index is -1.78. The summed E-state index contributed by atoms with van der Waals surface area (Å²) in [5, 5.41) is 86.2. The summed E-state index contributed by atoms with van der Waals surface area (Å²) in [6.07, 6.45) is 11.3. The molecule has 2 heterocycles. The number of hydrogen-bond acceptors (Lipinski definition) is 13. The van der Waals surface area contributed by atoms with Crippen molar-refractivity contribution in [1.82, 2.24) is 5.32 Å². The number of aliphatic hydroxyl groups is 8. The second kappa shape index (κ2) is 30.7. The molecule has 9 N–H and O–H groups in total. The van der Waals surface area contributed by atoms with Crippen LogP contribution in [0.4, 0.5) is 0 Å². The van der Waals surface area contributed by atoms with E-state index in [1.807, 2.05) is 6.08 Å². The molecule has 0 radical (unpaired) electrons. The van der Waals surface area contributed by atoms with Gasteiger partial charge >= 0.3 is 0 Å². The average molecular weight is 806 g/mol. The van der Waals surface area contributed by atoms with Crippen LogP contribution in [0.2, 0.25) is 0 Å². The number of nitrogens with one attached hydrogen (secondary N) is 1. The minimum Gasteiger partial charge on any atom is -0.394 e. The number of allylic oxidation sites excluding steroid dienone is 1. The van der Waals surface area contributed by atoms with E-state index in [4.69, 9.17) is 18.9 Å². The lowest BCUT2D eigenvalue weighted by Gasteiger charge is -2.46. The predicted molar refractivity (Wildman–Crippen MR) is 212 cm³/mol. The van der Waals surface area contributed by atoms with Gasteiger partial charge in [-0.3, -0.25) is 4.79 Å². The van der Waals surface area contributed by atoms with Crippen molar-refractivity contribution in [2.75, 3.05) is 19.8 Å². The van der Waals surface area contributed by atoms with Crippen LogP contribution in [0, 0.1) is 0 Å². The lowest BCUT2D eigenvalue weighted by molar-refractivity contribution is -0.359. The summed E-state index contributed by atoms with van der Waals surface area (Å²) in [4.78, 5) is 13.0. The molecular formula is C42H79NO13. The minimum absolute atomic E-state index is 0.245. The smallest absolute Gasteiger partial charge is 0.220 e. The van der Waals surface area contributed by atoms with Gasteiger partial charge in [-0.2, -0.15) is 0 Å². The molecule has 1 amide bonds. The van der Waals surface area contributed by atoms with Gasteiger partial charge < -0.3 is 65.1 Å². The summed E-state index contributed by atoms with van der Waals surface area (Å²) in [5.74, 6) is -0.245. The number of aliphatic hydroxyl groups excluding tert-OH is 8. The maximum Gasteiger partial charge on any atom is 0.220 e. The van der Waals surface area contributed by atoms with E-state index in [0.29, 0.717) is 6.42 Å². The lowest BCUT2D eigenvalue weighted by atomic mass is 9.97. The number of ether oxygens (including phenoxy) is 4. The zero-order chi connectivity index (χ0) is 41.1. The first-order valence-electron chi connectivity index (χ1n) is 21.9. The van der Waals surface area contributed by atoms with Gasteiger partial charge in [-0.15, -0.1) is 0 Å². The van der Waals surface area contributed by atoms with E-state index in [-0.39, 0.29) is 18.9 Å². The Bertz CT molecular complexity index is 1000. The largest absolute Gasteiger partial charge is 0.394 e. The molecule has 56 heavy (non-hydrogen) atoms. The van der Waals surface area contributed by atoms with Gasteiger partial charge in [0.15, 0.2) is 12.6 Å². The summed E-state index contributed by atoms with van der Waals surface area (Å²) >= 11 is 0. The molecule has 0 bridgehead atoms. The third-order valence-electron chi connectivity index (χ3n) is 11.0. The number of amides is 1. The van der Waals surface area contributed by atoms with Crippen LogP contribution in [-0.2, 0) is 23.7 Å². The highest BCUT2D eigenvalue weighted by Crippen LogP contribution is 2.30. The topological polar surface area (TPSA) is 228 Å². The third-order valence-corrected chi connectivity index (χ3v) is 11.0. The van der Waals surface area contributed by atoms with Crippen LogP contribution in [0.1, 0.15) is 155 Å². The molecule has 0 spiro atoms. The molecule has 0 aliphatic carbocycles. The van der Waals surface area contributed by atoms with Crippen molar-refractivity contribution in [2.45, 2.75) is 229 Å². The van der Waals surface area contributed by atoms with E-state index in [2.05, 4.69) is 19.2 Å². The molecule has 2 aliphatic heterocycles. The standard InChI is InChI=1S/C42H79NO13/c1-3-5-7-9-11-13-14-15-16-18-19-21-23-25-31(46)30(43-34(47)26-24-22-20-17-12-10-8-6-4-2)29-53-41-39(52)37(50)40(33(28-45)55-41)56-42-38(51)36(49)35(48)32(27-44)54-42/h23,25,30-33,35-42,44-46,48-52H,3-22,24,26-29H2,1-2H3,(H,43,47)/t30-,31+,32+,33+,35-,36-,37+,38+,39+,40+,41+,42-/m0/s1. The maximum atomic E-state index is 13.0. The third kappa shape index (κ3) is 19.2. The number of rotatable bonds is 32. The number of unbranched alkanes of at least 4 members (excludes halogenated alkanes) is 19. The Balaban J connectivity index is 1.93. The van der Waals surface area contributed by atoms with Gasteiger partial charge in [-0.05, 0) is 19.3 Å². The maximum absolute atomic E-state index is 13.0. The highest BCUT2D eigenvalue weighted by molar-refractivity contribution is 5.76. The van der Waals surface area contributed by atoms with Crippen LogP contribution in [-0.4, -0.2) is 140 Å². The zero-order valence-corrected chi connectivity index (χ0v) is 34.4. The van der Waals surface area contributed by atoms with E-state index in [0.717, 1.165) is 38.5 Å². The Hall–Kier alpha value is -1.27. The van der Waals surface area contributed by atoms with E-state index in [9.17, 15) is 45.6 Å². The Morgan fingerprint density at radius 2 is 1.11 bits per heavy atom. The molecule has 2 saturated heterocycles. The Morgan fingerprint density at radius 3 is 1.64 bits per heavy atom. The highest BCUT2D eigenvalue weighted by atomic mass is 16.7. The lowest BCUT2D eigenvalue weighted by Crippen LogP contribution is -2.65. The van der Waals surface area contributed by atoms with E-state index >= 15 is 0 Å². The molecule has 2 fully saturated rings. The zero-order valence-electron chi connectivity index (χ0n) is 34.4. The number of hydrogen-bond donors (Lipinski definition) is 9. The number of carbonyl (C=O) groups excluding carboxylic acids is 1.